The number of aromatic nitrogens is 2. The zero-order chi connectivity index (χ0) is 14.8. The van der Waals surface area contributed by atoms with E-state index >= 15 is 0 Å². The van der Waals surface area contributed by atoms with Gasteiger partial charge in [-0.25, -0.2) is 9.97 Å². The Morgan fingerprint density at radius 2 is 1.76 bits per heavy atom. The third-order valence-corrected chi connectivity index (χ3v) is 4.18. The summed E-state index contributed by atoms with van der Waals surface area (Å²) in [7, 11) is 0. The van der Waals surface area contributed by atoms with Crippen molar-refractivity contribution >= 4 is 0 Å². The maximum absolute atomic E-state index is 9.61. The summed E-state index contributed by atoms with van der Waals surface area (Å²) in [6, 6.07) is 7.11. The second kappa shape index (κ2) is 5.82. The number of nitrogens with one attached hydrogen (secondary N) is 1. The van der Waals surface area contributed by atoms with Gasteiger partial charge in [0.2, 0.25) is 0 Å². The van der Waals surface area contributed by atoms with Crippen LogP contribution >= 0.6 is 0 Å². The molecule has 21 heavy (non-hydrogen) atoms. The van der Waals surface area contributed by atoms with Crippen LogP contribution in [0.5, 0.6) is 5.75 Å². The summed E-state index contributed by atoms with van der Waals surface area (Å²) >= 11 is 0. The Morgan fingerprint density at radius 3 is 2.38 bits per heavy atom. The van der Waals surface area contributed by atoms with Crippen molar-refractivity contribution in [1.29, 1.82) is 0 Å². The van der Waals surface area contributed by atoms with E-state index in [1.54, 1.807) is 12.1 Å². The lowest BCUT2D eigenvalue weighted by molar-refractivity contribution is 0.455. The summed E-state index contributed by atoms with van der Waals surface area (Å²) in [5, 5.41) is 13.0. The van der Waals surface area contributed by atoms with Crippen molar-refractivity contribution in [2.45, 2.75) is 32.6 Å². The quantitative estimate of drug-likeness (QED) is 0.889. The van der Waals surface area contributed by atoms with Crippen LogP contribution in [0.15, 0.2) is 24.3 Å². The normalized spacial score (nSPS) is 16.1. The fourth-order valence-corrected chi connectivity index (χ4v) is 3.20. The molecular weight excluding hydrogens is 262 g/mol. The predicted octanol–water partition coefficient (Wildman–Crippen LogP) is 2.93. The molecule has 0 saturated carbocycles. The Bertz CT molecular complexity index is 625. The SMILES string of the molecule is Cc1nc(-c2cccc(O)c2)nc(C)c1C1CCNCC1. The van der Waals surface area contributed by atoms with E-state index in [9.17, 15) is 5.11 Å². The highest BCUT2D eigenvalue weighted by molar-refractivity contribution is 5.58. The molecule has 1 aliphatic rings. The second-order valence-electron chi connectivity index (χ2n) is 5.71. The van der Waals surface area contributed by atoms with Crippen LogP contribution in [0.3, 0.4) is 0 Å². The molecule has 2 N–H and O–H groups in total. The molecule has 0 atom stereocenters. The van der Waals surface area contributed by atoms with Crippen LogP contribution in [0.4, 0.5) is 0 Å². The molecule has 110 valence electrons. The van der Waals surface area contributed by atoms with Crippen molar-refractivity contribution in [2.24, 2.45) is 0 Å². The second-order valence-corrected chi connectivity index (χ2v) is 5.71. The fourth-order valence-electron chi connectivity index (χ4n) is 3.20. The lowest BCUT2D eigenvalue weighted by Crippen LogP contribution is -2.27. The number of rotatable bonds is 2. The molecule has 1 aliphatic heterocycles. The number of phenols is 1. The predicted molar refractivity (Wildman–Crippen MR) is 83.5 cm³/mol. The third-order valence-electron chi connectivity index (χ3n) is 4.18. The Morgan fingerprint density at radius 1 is 1.10 bits per heavy atom. The van der Waals surface area contributed by atoms with Gasteiger partial charge in [-0.05, 0) is 63.4 Å². The Balaban J connectivity index is 1.99. The van der Waals surface area contributed by atoms with Crippen molar-refractivity contribution in [2.75, 3.05) is 13.1 Å². The molecule has 0 amide bonds. The fraction of sp³-hybridized carbons (Fsp3) is 0.412. The first-order valence-corrected chi connectivity index (χ1v) is 7.50. The van der Waals surface area contributed by atoms with Crippen LogP contribution in [-0.2, 0) is 0 Å². The van der Waals surface area contributed by atoms with Crippen molar-refractivity contribution in [1.82, 2.24) is 15.3 Å². The van der Waals surface area contributed by atoms with Gasteiger partial charge < -0.3 is 10.4 Å². The molecule has 4 nitrogen and oxygen atoms in total. The first kappa shape index (κ1) is 14.0. The molecule has 1 fully saturated rings. The molecule has 0 unspecified atom stereocenters. The molecule has 1 saturated heterocycles. The Hall–Kier alpha value is -1.94. The lowest BCUT2D eigenvalue weighted by Gasteiger charge is -2.25. The summed E-state index contributed by atoms with van der Waals surface area (Å²) in [5.74, 6) is 1.50. The molecule has 0 spiro atoms. The molecular formula is C17H21N3O. The van der Waals surface area contributed by atoms with Crippen molar-refractivity contribution in [3.8, 4) is 17.1 Å². The third kappa shape index (κ3) is 2.90. The maximum atomic E-state index is 9.61. The summed E-state index contributed by atoms with van der Waals surface area (Å²) < 4.78 is 0. The molecule has 1 aromatic heterocycles. The monoisotopic (exact) mass is 283 g/mol. The average molecular weight is 283 g/mol. The largest absolute Gasteiger partial charge is 0.508 e. The Labute approximate surface area is 125 Å². The zero-order valence-electron chi connectivity index (χ0n) is 12.6. The minimum atomic E-state index is 0.244. The molecule has 0 radical (unpaired) electrons. The van der Waals surface area contributed by atoms with Crippen LogP contribution in [0, 0.1) is 13.8 Å². The standard InChI is InChI=1S/C17H21N3O/c1-11-16(13-6-8-18-9-7-13)12(2)20-17(19-11)14-4-3-5-15(21)10-14/h3-5,10,13,18,21H,6-9H2,1-2H3. The van der Waals surface area contributed by atoms with E-state index in [4.69, 9.17) is 0 Å². The molecule has 0 aliphatic carbocycles. The van der Waals surface area contributed by atoms with E-state index in [2.05, 4.69) is 29.1 Å². The minimum absolute atomic E-state index is 0.244. The molecule has 4 heteroatoms. The molecule has 2 heterocycles. The van der Waals surface area contributed by atoms with Crippen LogP contribution in [0.25, 0.3) is 11.4 Å². The van der Waals surface area contributed by atoms with Gasteiger partial charge in [-0.15, -0.1) is 0 Å². The highest BCUT2D eigenvalue weighted by Gasteiger charge is 2.21. The van der Waals surface area contributed by atoms with Crippen LogP contribution in [0.1, 0.15) is 35.7 Å². The van der Waals surface area contributed by atoms with Crippen LogP contribution < -0.4 is 5.32 Å². The number of aromatic hydroxyl groups is 1. The molecule has 0 bridgehead atoms. The van der Waals surface area contributed by atoms with Crippen LogP contribution in [-0.4, -0.2) is 28.2 Å². The highest BCUT2D eigenvalue weighted by atomic mass is 16.3. The average Bonchev–Trinajstić information content (AvgIpc) is 2.47. The first-order valence-electron chi connectivity index (χ1n) is 7.50. The number of hydrogen-bond donors (Lipinski definition) is 2. The number of hydrogen-bond acceptors (Lipinski definition) is 4. The van der Waals surface area contributed by atoms with Crippen molar-refractivity contribution in [3.63, 3.8) is 0 Å². The first-order chi connectivity index (χ1) is 10.1. The number of benzene rings is 1. The van der Waals surface area contributed by atoms with Gasteiger partial charge in [-0.2, -0.15) is 0 Å². The van der Waals surface area contributed by atoms with Crippen molar-refractivity contribution < 1.29 is 5.11 Å². The van der Waals surface area contributed by atoms with Crippen molar-refractivity contribution in [3.05, 3.63) is 41.2 Å². The Kier molecular flexibility index (Phi) is 3.88. The summed E-state index contributed by atoms with van der Waals surface area (Å²) in [5.41, 5.74) is 4.29. The van der Waals surface area contributed by atoms with Gasteiger partial charge in [0.1, 0.15) is 5.75 Å². The number of aryl methyl sites for hydroxylation is 2. The summed E-state index contributed by atoms with van der Waals surface area (Å²) in [6.45, 7) is 6.27. The van der Waals surface area contributed by atoms with Gasteiger partial charge in [-0.3, -0.25) is 0 Å². The smallest absolute Gasteiger partial charge is 0.159 e. The lowest BCUT2D eigenvalue weighted by atomic mass is 9.88. The molecule has 1 aromatic carbocycles. The number of piperidine rings is 1. The van der Waals surface area contributed by atoms with E-state index in [1.165, 1.54) is 5.56 Å². The van der Waals surface area contributed by atoms with E-state index in [0.29, 0.717) is 11.7 Å². The van der Waals surface area contributed by atoms with E-state index < -0.39 is 0 Å². The van der Waals surface area contributed by atoms with E-state index in [0.717, 1.165) is 42.9 Å². The minimum Gasteiger partial charge on any atom is -0.508 e. The highest BCUT2D eigenvalue weighted by Crippen LogP contribution is 2.31. The van der Waals surface area contributed by atoms with Crippen LogP contribution in [0.2, 0.25) is 0 Å². The number of nitrogens with zero attached hydrogens (tertiary/aromatic N) is 2. The molecule has 2 aromatic rings. The van der Waals surface area contributed by atoms with Gasteiger partial charge in [0.15, 0.2) is 5.82 Å². The number of phenolic OH excluding ortho intramolecular Hbond substituents is 1. The van der Waals surface area contributed by atoms with E-state index in [-0.39, 0.29) is 5.75 Å². The zero-order valence-corrected chi connectivity index (χ0v) is 12.6. The van der Waals surface area contributed by atoms with Gasteiger partial charge in [0, 0.05) is 17.0 Å². The van der Waals surface area contributed by atoms with Gasteiger partial charge >= 0.3 is 0 Å². The van der Waals surface area contributed by atoms with Gasteiger partial charge in [-0.1, -0.05) is 12.1 Å². The maximum Gasteiger partial charge on any atom is 0.159 e. The summed E-state index contributed by atoms with van der Waals surface area (Å²) in [4.78, 5) is 9.36. The summed E-state index contributed by atoms with van der Waals surface area (Å²) in [6.07, 6.45) is 2.30. The topological polar surface area (TPSA) is 58.0 Å². The molecule has 3 rings (SSSR count). The van der Waals surface area contributed by atoms with E-state index in [1.807, 2.05) is 12.1 Å². The van der Waals surface area contributed by atoms with Gasteiger partial charge in [0.05, 0.1) is 0 Å². The van der Waals surface area contributed by atoms with Gasteiger partial charge in [0.25, 0.3) is 0 Å².